The van der Waals surface area contributed by atoms with Crippen LogP contribution in [0, 0.1) is 6.92 Å². The van der Waals surface area contributed by atoms with Crippen molar-refractivity contribution in [2.45, 2.75) is 39.2 Å². The topological polar surface area (TPSA) is 63.1 Å². The standard InChI is InChI=1S/C22H26ClN5O/c1-15(27-12-3-4-13-27)9-11-25-22(29)17-7-8-18(23)20(14-17)28-16(2)26-19-6-5-10-24-21(19)28/h5-8,10,14-15H,3-4,9,11-13H2,1-2H3,(H,25,29). The van der Waals surface area contributed by atoms with Gasteiger partial charge < -0.3 is 10.2 Å². The average molecular weight is 412 g/mol. The van der Waals surface area contributed by atoms with Gasteiger partial charge in [0.1, 0.15) is 11.3 Å². The van der Waals surface area contributed by atoms with Crippen LogP contribution in [0.25, 0.3) is 16.9 Å². The Bertz CT molecular complexity index is 1030. The number of amides is 1. The van der Waals surface area contributed by atoms with Crippen molar-refractivity contribution in [2.24, 2.45) is 0 Å². The molecule has 3 heterocycles. The molecule has 0 bridgehead atoms. The van der Waals surface area contributed by atoms with Crippen molar-refractivity contribution in [1.82, 2.24) is 24.8 Å². The lowest BCUT2D eigenvalue weighted by atomic mass is 10.1. The molecule has 1 aliphatic heterocycles. The molecule has 1 aliphatic rings. The Morgan fingerprint density at radius 1 is 1.28 bits per heavy atom. The SMILES string of the molecule is Cc1nc2cccnc2n1-c1cc(C(=O)NCCC(C)N2CCCC2)ccc1Cl. The number of hydrogen-bond donors (Lipinski definition) is 1. The molecule has 1 fully saturated rings. The molecule has 0 spiro atoms. The van der Waals surface area contributed by atoms with E-state index in [4.69, 9.17) is 11.6 Å². The van der Waals surface area contributed by atoms with Crippen LogP contribution in [0.5, 0.6) is 0 Å². The van der Waals surface area contributed by atoms with Gasteiger partial charge in [-0.1, -0.05) is 11.6 Å². The highest BCUT2D eigenvalue weighted by atomic mass is 35.5. The molecule has 1 unspecified atom stereocenters. The first-order chi connectivity index (χ1) is 14.0. The van der Waals surface area contributed by atoms with Crippen LogP contribution in [0.2, 0.25) is 5.02 Å². The van der Waals surface area contributed by atoms with Crippen LogP contribution in [0.15, 0.2) is 36.5 Å². The molecule has 152 valence electrons. The van der Waals surface area contributed by atoms with E-state index in [0.29, 0.717) is 28.9 Å². The summed E-state index contributed by atoms with van der Waals surface area (Å²) >= 11 is 6.47. The van der Waals surface area contributed by atoms with Crippen LogP contribution in [0.1, 0.15) is 42.4 Å². The summed E-state index contributed by atoms with van der Waals surface area (Å²) in [6.45, 7) is 7.13. The summed E-state index contributed by atoms with van der Waals surface area (Å²) in [4.78, 5) is 24.2. The number of aryl methyl sites for hydroxylation is 1. The molecule has 2 aromatic heterocycles. The van der Waals surface area contributed by atoms with Crippen molar-refractivity contribution in [3.63, 3.8) is 0 Å². The minimum absolute atomic E-state index is 0.0911. The number of hydrogen-bond acceptors (Lipinski definition) is 4. The highest BCUT2D eigenvalue weighted by Gasteiger charge is 2.19. The van der Waals surface area contributed by atoms with Gasteiger partial charge in [-0.25, -0.2) is 9.97 Å². The Labute approximate surface area is 175 Å². The second-order valence-corrected chi connectivity index (χ2v) is 8.05. The lowest BCUT2D eigenvalue weighted by Crippen LogP contribution is -2.34. The van der Waals surface area contributed by atoms with Crippen molar-refractivity contribution in [3.8, 4) is 5.69 Å². The second kappa shape index (κ2) is 8.51. The molecule has 1 amide bonds. The number of fused-ring (bicyclic) bond motifs is 1. The number of carbonyl (C=O) groups excluding carboxylic acids is 1. The quantitative estimate of drug-likeness (QED) is 0.666. The van der Waals surface area contributed by atoms with Gasteiger partial charge in [-0.3, -0.25) is 9.36 Å². The summed E-state index contributed by atoms with van der Waals surface area (Å²) in [6, 6.07) is 9.58. The molecule has 7 heteroatoms. The molecule has 0 aliphatic carbocycles. The van der Waals surface area contributed by atoms with Gasteiger partial charge in [0.15, 0.2) is 5.65 Å². The highest BCUT2D eigenvalue weighted by molar-refractivity contribution is 6.32. The van der Waals surface area contributed by atoms with Crippen LogP contribution in [0.3, 0.4) is 0 Å². The van der Waals surface area contributed by atoms with E-state index in [1.807, 2.05) is 29.7 Å². The molecule has 6 nitrogen and oxygen atoms in total. The monoisotopic (exact) mass is 411 g/mol. The number of aromatic nitrogens is 3. The minimum atomic E-state index is -0.0911. The number of likely N-dealkylation sites (tertiary alicyclic amines) is 1. The first kappa shape index (κ1) is 19.9. The molecule has 1 saturated heterocycles. The van der Waals surface area contributed by atoms with Crippen LogP contribution < -0.4 is 5.32 Å². The fourth-order valence-electron chi connectivity index (χ4n) is 4.00. The van der Waals surface area contributed by atoms with Gasteiger partial charge in [0, 0.05) is 24.3 Å². The third-order valence-corrected chi connectivity index (χ3v) is 5.96. The van der Waals surface area contributed by atoms with Crippen LogP contribution in [-0.4, -0.2) is 51.0 Å². The summed E-state index contributed by atoms with van der Waals surface area (Å²) in [5.74, 6) is 0.684. The molecule has 3 aromatic rings. The predicted molar refractivity (Wildman–Crippen MR) is 116 cm³/mol. The van der Waals surface area contributed by atoms with Gasteiger partial charge in [-0.15, -0.1) is 0 Å². The normalized spacial score (nSPS) is 15.7. The van der Waals surface area contributed by atoms with E-state index >= 15 is 0 Å². The molecule has 1 atom stereocenters. The summed E-state index contributed by atoms with van der Waals surface area (Å²) in [6.07, 6.45) is 5.23. The van der Waals surface area contributed by atoms with Crippen molar-refractivity contribution < 1.29 is 4.79 Å². The molecule has 0 radical (unpaired) electrons. The van der Waals surface area contributed by atoms with E-state index in [0.717, 1.165) is 23.4 Å². The van der Waals surface area contributed by atoms with Crippen molar-refractivity contribution in [2.75, 3.05) is 19.6 Å². The molecule has 0 saturated carbocycles. The first-order valence-electron chi connectivity index (χ1n) is 10.2. The van der Waals surface area contributed by atoms with Gasteiger partial charge in [0.25, 0.3) is 5.91 Å². The summed E-state index contributed by atoms with van der Waals surface area (Å²) in [5, 5.41) is 3.60. The zero-order valence-corrected chi connectivity index (χ0v) is 17.6. The van der Waals surface area contributed by atoms with Gasteiger partial charge in [-0.2, -0.15) is 0 Å². The largest absolute Gasteiger partial charge is 0.352 e. The average Bonchev–Trinajstić information content (AvgIpc) is 3.36. The first-order valence-corrected chi connectivity index (χ1v) is 10.5. The third-order valence-electron chi connectivity index (χ3n) is 5.64. The number of pyridine rings is 1. The molecular formula is C22H26ClN5O. The van der Waals surface area contributed by atoms with Gasteiger partial charge in [-0.05, 0) is 76.5 Å². The molecule has 29 heavy (non-hydrogen) atoms. The Morgan fingerprint density at radius 2 is 2.07 bits per heavy atom. The van der Waals surface area contributed by atoms with Crippen LogP contribution in [0.4, 0.5) is 0 Å². The predicted octanol–water partition coefficient (Wildman–Crippen LogP) is 3.99. The maximum absolute atomic E-state index is 12.7. The summed E-state index contributed by atoms with van der Waals surface area (Å²) in [5.41, 5.74) is 2.81. The number of imidazole rings is 1. The smallest absolute Gasteiger partial charge is 0.251 e. The van der Waals surface area contributed by atoms with E-state index in [2.05, 4.69) is 27.1 Å². The van der Waals surface area contributed by atoms with Crippen molar-refractivity contribution in [3.05, 3.63) is 52.9 Å². The molecule has 1 aromatic carbocycles. The Hall–Kier alpha value is -2.44. The van der Waals surface area contributed by atoms with E-state index < -0.39 is 0 Å². The molecule has 4 rings (SSSR count). The van der Waals surface area contributed by atoms with Crippen LogP contribution >= 0.6 is 11.6 Å². The fraction of sp³-hybridized carbons (Fsp3) is 0.409. The lowest BCUT2D eigenvalue weighted by molar-refractivity contribution is 0.0949. The van der Waals surface area contributed by atoms with E-state index in [1.54, 1.807) is 18.3 Å². The van der Waals surface area contributed by atoms with Crippen LogP contribution in [-0.2, 0) is 0 Å². The number of benzene rings is 1. The zero-order chi connectivity index (χ0) is 20.4. The van der Waals surface area contributed by atoms with Gasteiger partial charge >= 0.3 is 0 Å². The fourth-order valence-corrected chi connectivity index (χ4v) is 4.20. The van der Waals surface area contributed by atoms with Gasteiger partial charge in [0.05, 0.1) is 10.7 Å². The van der Waals surface area contributed by atoms with E-state index in [1.165, 1.54) is 25.9 Å². The number of carbonyl (C=O) groups is 1. The number of nitrogens with zero attached hydrogens (tertiary/aromatic N) is 4. The van der Waals surface area contributed by atoms with E-state index in [9.17, 15) is 4.79 Å². The Morgan fingerprint density at radius 3 is 2.86 bits per heavy atom. The highest BCUT2D eigenvalue weighted by Crippen LogP contribution is 2.27. The zero-order valence-electron chi connectivity index (χ0n) is 16.9. The number of nitrogens with one attached hydrogen (secondary N) is 1. The number of halogens is 1. The van der Waals surface area contributed by atoms with Gasteiger partial charge in [0.2, 0.25) is 0 Å². The Balaban J connectivity index is 1.50. The Kier molecular flexibility index (Phi) is 5.83. The molecular weight excluding hydrogens is 386 g/mol. The maximum Gasteiger partial charge on any atom is 0.251 e. The molecule has 1 N–H and O–H groups in total. The summed E-state index contributed by atoms with van der Waals surface area (Å²) in [7, 11) is 0. The summed E-state index contributed by atoms with van der Waals surface area (Å²) < 4.78 is 1.89. The van der Waals surface area contributed by atoms with Crippen molar-refractivity contribution >= 4 is 28.7 Å². The van der Waals surface area contributed by atoms with Crippen molar-refractivity contribution in [1.29, 1.82) is 0 Å². The third kappa shape index (κ3) is 4.14. The second-order valence-electron chi connectivity index (χ2n) is 7.64. The maximum atomic E-state index is 12.7. The number of rotatable bonds is 6. The van der Waals surface area contributed by atoms with E-state index in [-0.39, 0.29) is 5.91 Å². The lowest BCUT2D eigenvalue weighted by Gasteiger charge is -2.23. The minimum Gasteiger partial charge on any atom is -0.352 e.